The van der Waals surface area contributed by atoms with E-state index in [0.29, 0.717) is 5.92 Å². The molecule has 1 aliphatic rings. The van der Waals surface area contributed by atoms with Gasteiger partial charge in [0.1, 0.15) is 5.82 Å². The zero-order valence-corrected chi connectivity index (χ0v) is 9.46. The highest BCUT2D eigenvalue weighted by atomic mass is 19.1. The van der Waals surface area contributed by atoms with Gasteiger partial charge in [-0.2, -0.15) is 0 Å². The van der Waals surface area contributed by atoms with Crippen molar-refractivity contribution in [2.75, 3.05) is 20.1 Å². The molecular weight excluding hydrogens is 189 g/mol. The van der Waals surface area contributed by atoms with Gasteiger partial charge in [0.25, 0.3) is 0 Å². The second-order valence-electron chi connectivity index (χ2n) is 4.59. The summed E-state index contributed by atoms with van der Waals surface area (Å²) in [4.78, 5) is 2.35. The quantitative estimate of drug-likeness (QED) is 0.684. The summed E-state index contributed by atoms with van der Waals surface area (Å²) < 4.78 is 13.1. The lowest BCUT2D eigenvalue weighted by Crippen LogP contribution is -2.29. The largest absolute Gasteiger partial charge is 0.306 e. The molecule has 0 aromatic heterocycles. The van der Waals surface area contributed by atoms with Crippen LogP contribution in [0.4, 0.5) is 4.39 Å². The van der Waals surface area contributed by atoms with Crippen molar-refractivity contribution in [2.24, 2.45) is 0 Å². The molecule has 1 heterocycles. The third kappa shape index (κ3) is 2.37. The highest BCUT2D eigenvalue weighted by Crippen LogP contribution is 2.28. The van der Waals surface area contributed by atoms with E-state index in [9.17, 15) is 4.39 Å². The maximum Gasteiger partial charge on any atom is 0.126 e. The molecule has 0 atom stereocenters. The third-order valence-electron chi connectivity index (χ3n) is 3.37. The average Bonchev–Trinajstić information content (AvgIpc) is 2.23. The lowest BCUT2D eigenvalue weighted by molar-refractivity contribution is 0.255. The van der Waals surface area contributed by atoms with Crippen LogP contribution in [0.15, 0.2) is 18.2 Å². The molecule has 1 nitrogen and oxygen atoms in total. The molecule has 1 fully saturated rings. The van der Waals surface area contributed by atoms with Crippen LogP contribution in [-0.2, 0) is 0 Å². The number of nitrogens with zero attached hydrogens (tertiary/aromatic N) is 1. The van der Waals surface area contributed by atoms with Gasteiger partial charge >= 0.3 is 0 Å². The molecule has 82 valence electrons. The van der Waals surface area contributed by atoms with Crippen LogP contribution in [0.25, 0.3) is 0 Å². The van der Waals surface area contributed by atoms with Gasteiger partial charge in [-0.15, -0.1) is 0 Å². The number of hydrogen-bond donors (Lipinski definition) is 0. The molecule has 15 heavy (non-hydrogen) atoms. The first-order chi connectivity index (χ1) is 7.16. The van der Waals surface area contributed by atoms with E-state index in [-0.39, 0.29) is 5.82 Å². The van der Waals surface area contributed by atoms with Gasteiger partial charge in [0.2, 0.25) is 0 Å². The van der Waals surface area contributed by atoms with Crippen molar-refractivity contribution in [1.29, 1.82) is 0 Å². The molecule has 0 bridgehead atoms. The molecule has 0 N–H and O–H groups in total. The molecule has 0 unspecified atom stereocenters. The van der Waals surface area contributed by atoms with Crippen LogP contribution < -0.4 is 0 Å². The van der Waals surface area contributed by atoms with Crippen molar-refractivity contribution >= 4 is 0 Å². The summed E-state index contributed by atoms with van der Waals surface area (Å²) in [7, 11) is 2.16. The number of halogens is 1. The Hall–Kier alpha value is -0.890. The van der Waals surface area contributed by atoms with Gasteiger partial charge in [0.15, 0.2) is 0 Å². The third-order valence-corrected chi connectivity index (χ3v) is 3.37. The fourth-order valence-corrected chi connectivity index (χ4v) is 2.26. The monoisotopic (exact) mass is 207 g/mol. The van der Waals surface area contributed by atoms with Crippen molar-refractivity contribution in [3.8, 4) is 0 Å². The van der Waals surface area contributed by atoms with Crippen LogP contribution in [-0.4, -0.2) is 25.0 Å². The first-order valence-electron chi connectivity index (χ1n) is 5.61. The summed E-state index contributed by atoms with van der Waals surface area (Å²) in [6.07, 6.45) is 2.39. The van der Waals surface area contributed by atoms with E-state index in [1.807, 2.05) is 19.1 Å². The normalized spacial score (nSPS) is 19.4. The molecule has 2 heteroatoms. The van der Waals surface area contributed by atoms with Crippen molar-refractivity contribution < 1.29 is 4.39 Å². The second kappa shape index (κ2) is 4.31. The summed E-state index contributed by atoms with van der Waals surface area (Å²) in [5, 5.41) is 0. The van der Waals surface area contributed by atoms with Gasteiger partial charge in [0.05, 0.1) is 0 Å². The number of aryl methyl sites for hydroxylation is 1. The summed E-state index contributed by atoms with van der Waals surface area (Å²) in [6.45, 7) is 4.15. The van der Waals surface area contributed by atoms with Gasteiger partial charge in [-0.1, -0.05) is 12.1 Å². The van der Waals surface area contributed by atoms with Gasteiger partial charge in [-0.3, -0.25) is 0 Å². The number of rotatable bonds is 1. The Kier molecular flexibility index (Phi) is 3.06. The van der Waals surface area contributed by atoms with Gasteiger partial charge in [0, 0.05) is 0 Å². The molecule has 1 aliphatic heterocycles. The van der Waals surface area contributed by atoms with E-state index in [0.717, 1.165) is 18.7 Å². The maximum atomic E-state index is 13.1. The zero-order chi connectivity index (χ0) is 10.8. The van der Waals surface area contributed by atoms with E-state index in [1.165, 1.54) is 18.4 Å². The van der Waals surface area contributed by atoms with E-state index in [4.69, 9.17) is 0 Å². The fraction of sp³-hybridized carbons (Fsp3) is 0.538. The number of benzene rings is 1. The van der Waals surface area contributed by atoms with Crippen molar-refractivity contribution in [1.82, 2.24) is 4.90 Å². The van der Waals surface area contributed by atoms with Gasteiger partial charge in [-0.05, 0) is 63.0 Å². The van der Waals surface area contributed by atoms with Crippen molar-refractivity contribution in [3.63, 3.8) is 0 Å². The Bertz CT molecular complexity index is 340. The first kappa shape index (κ1) is 10.6. The molecule has 1 aromatic rings. The Balaban J connectivity index is 2.12. The molecule has 1 saturated heterocycles. The molecule has 2 rings (SSSR count). The predicted molar refractivity (Wildman–Crippen MR) is 60.6 cm³/mol. The Morgan fingerprint density at radius 3 is 2.53 bits per heavy atom. The molecule has 0 saturated carbocycles. The fourth-order valence-electron chi connectivity index (χ4n) is 2.26. The van der Waals surface area contributed by atoms with Crippen LogP contribution in [0, 0.1) is 12.7 Å². The summed E-state index contributed by atoms with van der Waals surface area (Å²) in [5.74, 6) is 0.534. The van der Waals surface area contributed by atoms with Crippen molar-refractivity contribution in [2.45, 2.75) is 25.7 Å². The van der Waals surface area contributed by atoms with Crippen molar-refractivity contribution in [3.05, 3.63) is 35.1 Å². The minimum Gasteiger partial charge on any atom is -0.306 e. The Morgan fingerprint density at radius 2 is 1.93 bits per heavy atom. The Labute approximate surface area is 90.9 Å². The molecule has 0 aliphatic carbocycles. The lowest BCUT2D eigenvalue weighted by atomic mass is 9.89. The number of likely N-dealkylation sites (tertiary alicyclic amines) is 1. The minimum atomic E-state index is -0.0910. The molecule has 0 radical (unpaired) electrons. The molecule has 1 aromatic carbocycles. The zero-order valence-electron chi connectivity index (χ0n) is 9.46. The highest BCUT2D eigenvalue weighted by molar-refractivity contribution is 5.27. The Morgan fingerprint density at radius 1 is 1.27 bits per heavy atom. The number of piperidine rings is 1. The molecular formula is C13H18FN. The minimum absolute atomic E-state index is 0.0910. The first-order valence-corrected chi connectivity index (χ1v) is 5.61. The average molecular weight is 207 g/mol. The highest BCUT2D eigenvalue weighted by Gasteiger charge is 2.18. The van der Waals surface area contributed by atoms with Crippen LogP contribution in [0.1, 0.15) is 29.9 Å². The number of hydrogen-bond acceptors (Lipinski definition) is 1. The smallest absolute Gasteiger partial charge is 0.126 e. The van der Waals surface area contributed by atoms with E-state index < -0.39 is 0 Å². The van der Waals surface area contributed by atoms with Crippen LogP contribution >= 0.6 is 0 Å². The summed E-state index contributed by atoms with van der Waals surface area (Å²) in [6, 6.07) is 5.55. The maximum absolute atomic E-state index is 13.1. The van der Waals surface area contributed by atoms with Gasteiger partial charge in [-0.25, -0.2) is 4.39 Å². The van der Waals surface area contributed by atoms with Crippen LogP contribution in [0.3, 0.4) is 0 Å². The lowest BCUT2D eigenvalue weighted by Gasteiger charge is -2.29. The molecule has 0 spiro atoms. The SMILES string of the molecule is Cc1cc(C2CCN(C)CC2)ccc1F. The van der Waals surface area contributed by atoms with Crippen LogP contribution in [0.2, 0.25) is 0 Å². The molecule has 0 amide bonds. The van der Waals surface area contributed by atoms with E-state index >= 15 is 0 Å². The topological polar surface area (TPSA) is 3.24 Å². The second-order valence-corrected chi connectivity index (χ2v) is 4.59. The summed E-state index contributed by atoms with van der Waals surface area (Å²) >= 11 is 0. The van der Waals surface area contributed by atoms with E-state index in [1.54, 1.807) is 6.07 Å². The van der Waals surface area contributed by atoms with Crippen LogP contribution in [0.5, 0.6) is 0 Å². The van der Waals surface area contributed by atoms with E-state index in [2.05, 4.69) is 11.9 Å². The standard InChI is InChI=1S/C13H18FN/c1-10-9-12(3-4-13(10)14)11-5-7-15(2)8-6-11/h3-4,9,11H,5-8H2,1-2H3. The predicted octanol–water partition coefficient (Wildman–Crippen LogP) is 2.94. The van der Waals surface area contributed by atoms with Gasteiger partial charge < -0.3 is 4.90 Å². The summed E-state index contributed by atoms with van der Waals surface area (Å²) in [5.41, 5.74) is 2.08.